The average molecular weight is 553 g/mol. The van der Waals surface area contributed by atoms with Crippen molar-refractivity contribution in [2.45, 2.75) is 92.8 Å². The van der Waals surface area contributed by atoms with Crippen LogP contribution in [0.1, 0.15) is 80.6 Å². The first-order chi connectivity index (χ1) is 18.1. The molecule has 8 atom stereocenters. The van der Waals surface area contributed by atoms with Crippen LogP contribution in [0.2, 0.25) is 0 Å². The van der Waals surface area contributed by atoms with E-state index >= 15 is 0 Å². The Morgan fingerprint density at radius 1 is 0.923 bits per heavy atom. The lowest BCUT2D eigenvalue weighted by Gasteiger charge is -2.21. The summed E-state index contributed by atoms with van der Waals surface area (Å²) in [4.78, 5) is 59.2. The van der Waals surface area contributed by atoms with Crippen molar-refractivity contribution in [3.8, 4) is 0 Å². The standard InChI is InChI=1S/C29H44O10/c1-8-15(2)9-16(3)10-17(4)11-18(5)12-19(6)13-21(25(30)31)14-20(7)28(36)39-24-22(26(32)33)23(27(34)35)38-29(24)37/h12-13,15-18,20,22-24H,8-11,14H2,1-7H3,(H,30,31)(H,32,33)(H,34,35). The third-order valence-corrected chi connectivity index (χ3v) is 7.13. The van der Waals surface area contributed by atoms with Crippen LogP contribution in [0.25, 0.3) is 0 Å². The zero-order valence-electron chi connectivity index (χ0n) is 24.0. The second-order valence-corrected chi connectivity index (χ2v) is 11.3. The maximum Gasteiger partial charge on any atom is 0.349 e. The Balaban J connectivity index is 2.84. The summed E-state index contributed by atoms with van der Waals surface area (Å²) in [5, 5.41) is 28.1. The van der Waals surface area contributed by atoms with Gasteiger partial charge in [0.2, 0.25) is 12.2 Å². The molecule has 1 fully saturated rings. The molecule has 0 aromatic carbocycles. The highest BCUT2D eigenvalue weighted by atomic mass is 16.6. The summed E-state index contributed by atoms with van der Waals surface area (Å²) in [5.74, 6) is -7.76. The number of carboxylic acids is 3. The highest BCUT2D eigenvalue weighted by Crippen LogP contribution is 2.29. The van der Waals surface area contributed by atoms with E-state index in [0.717, 1.165) is 18.4 Å². The van der Waals surface area contributed by atoms with E-state index in [2.05, 4.69) is 39.4 Å². The minimum absolute atomic E-state index is 0.0529. The lowest BCUT2D eigenvalue weighted by atomic mass is 9.84. The number of hydrogen-bond acceptors (Lipinski definition) is 7. The molecule has 0 saturated carbocycles. The minimum Gasteiger partial charge on any atom is -0.481 e. The van der Waals surface area contributed by atoms with Crippen molar-refractivity contribution in [3.63, 3.8) is 0 Å². The van der Waals surface area contributed by atoms with Gasteiger partial charge in [-0.05, 0) is 62.4 Å². The Morgan fingerprint density at radius 2 is 1.49 bits per heavy atom. The van der Waals surface area contributed by atoms with Gasteiger partial charge in [-0.3, -0.25) is 9.59 Å². The fourth-order valence-electron chi connectivity index (χ4n) is 5.23. The van der Waals surface area contributed by atoms with Gasteiger partial charge in [0.15, 0.2) is 5.92 Å². The second-order valence-electron chi connectivity index (χ2n) is 11.3. The average Bonchev–Trinajstić information content (AvgIpc) is 3.14. The predicted octanol–water partition coefficient (Wildman–Crippen LogP) is 4.72. The smallest absolute Gasteiger partial charge is 0.349 e. The first kappa shape index (κ1) is 33.9. The first-order valence-electron chi connectivity index (χ1n) is 13.6. The van der Waals surface area contributed by atoms with Gasteiger partial charge in [-0.25, -0.2) is 14.4 Å². The molecule has 1 saturated heterocycles. The molecule has 39 heavy (non-hydrogen) atoms. The van der Waals surface area contributed by atoms with Crippen molar-refractivity contribution in [1.29, 1.82) is 0 Å². The van der Waals surface area contributed by atoms with E-state index < -0.39 is 53.9 Å². The number of hydrogen-bond donors (Lipinski definition) is 3. The van der Waals surface area contributed by atoms with Crippen molar-refractivity contribution in [2.75, 3.05) is 0 Å². The van der Waals surface area contributed by atoms with Crippen LogP contribution in [0.5, 0.6) is 0 Å². The molecule has 0 bridgehead atoms. The molecule has 0 radical (unpaired) electrons. The van der Waals surface area contributed by atoms with Crippen molar-refractivity contribution in [2.24, 2.45) is 35.5 Å². The fraction of sp³-hybridized carbons (Fsp3) is 0.690. The van der Waals surface area contributed by atoms with E-state index in [1.165, 1.54) is 25.8 Å². The number of ether oxygens (including phenoxy) is 2. The second kappa shape index (κ2) is 15.4. The van der Waals surface area contributed by atoms with Crippen LogP contribution < -0.4 is 0 Å². The zero-order valence-corrected chi connectivity index (χ0v) is 24.0. The van der Waals surface area contributed by atoms with Gasteiger partial charge in [-0.1, -0.05) is 59.6 Å². The molecule has 0 spiro atoms. The maximum atomic E-state index is 12.6. The molecular formula is C29H44O10. The van der Waals surface area contributed by atoms with Gasteiger partial charge in [0.05, 0.1) is 5.92 Å². The van der Waals surface area contributed by atoms with Crippen molar-refractivity contribution >= 4 is 29.8 Å². The molecule has 220 valence electrons. The molecule has 0 amide bonds. The third kappa shape index (κ3) is 10.8. The highest BCUT2D eigenvalue weighted by molar-refractivity contribution is 5.95. The largest absolute Gasteiger partial charge is 0.481 e. The fourth-order valence-corrected chi connectivity index (χ4v) is 5.23. The lowest BCUT2D eigenvalue weighted by molar-refractivity contribution is -0.166. The minimum atomic E-state index is -1.99. The number of rotatable bonds is 16. The predicted molar refractivity (Wildman–Crippen MR) is 143 cm³/mol. The van der Waals surface area contributed by atoms with Gasteiger partial charge in [-0.15, -0.1) is 0 Å². The molecule has 10 nitrogen and oxygen atoms in total. The van der Waals surface area contributed by atoms with Crippen molar-refractivity contribution in [3.05, 3.63) is 23.3 Å². The van der Waals surface area contributed by atoms with Crippen LogP contribution >= 0.6 is 0 Å². The topological polar surface area (TPSA) is 165 Å². The molecule has 0 aromatic heterocycles. The third-order valence-electron chi connectivity index (χ3n) is 7.13. The summed E-state index contributed by atoms with van der Waals surface area (Å²) in [6.07, 6.45) is 3.79. The van der Waals surface area contributed by atoms with E-state index in [-0.39, 0.29) is 17.9 Å². The number of carbonyl (C=O) groups is 5. The van der Waals surface area contributed by atoms with Crippen LogP contribution in [-0.2, 0) is 33.4 Å². The van der Waals surface area contributed by atoms with Gasteiger partial charge >= 0.3 is 29.8 Å². The van der Waals surface area contributed by atoms with Gasteiger partial charge in [0, 0.05) is 5.57 Å². The van der Waals surface area contributed by atoms with Gasteiger partial charge in [-0.2, -0.15) is 0 Å². The molecule has 0 aliphatic carbocycles. The Labute approximate surface area is 230 Å². The number of allylic oxidation sites excluding steroid dienone is 3. The van der Waals surface area contributed by atoms with Crippen molar-refractivity contribution < 1.29 is 48.8 Å². The quantitative estimate of drug-likeness (QED) is 0.139. The normalized spacial score (nSPS) is 23.8. The Hall–Kier alpha value is -3.17. The summed E-state index contributed by atoms with van der Waals surface area (Å²) < 4.78 is 9.56. The van der Waals surface area contributed by atoms with Crippen molar-refractivity contribution in [1.82, 2.24) is 0 Å². The van der Waals surface area contributed by atoms with E-state index in [1.54, 1.807) is 6.92 Å². The number of carboxylic acid groups (broad SMARTS) is 3. The zero-order chi connectivity index (χ0) is 30.0. The van der Waals surface area contributed by atoms with Gasteiger partial charge in [0.25, 0.3) is 0 Å². The van der Waals surface area contributed by atoms with E-state index in [0.29, 0.717) is 17.8 Å². The molecule has 0 aromatic rings. The van der Waals surface area contributed by atoms with E-state index in [4.69, 9.17) is 9.84 Å². The van der Waals surface area contributed by atoms with E-state index in [9.17, 15) is 34.2 Å². The highest BCUT2D eigenvalue weighted by Gasteiger charge is 2.55. The van der Waals surface area contributed by atoms with Crippen LogP contribution in [0, 0.1) is 35.5 Å². The van der Waals surface area contributed by atoms with Crippen LogP contribution in [0.15, 0.2) is 23.3 Å². The van der Waals surface area contributed by atoms with E-state index in [1.807, 2.05) is 6.08 Å². The Kier molecular flexibility index (Phi) is 13.4. The molecule has 10 heteroatoms. The number of esters is 2. The Morgan fingerprint density at radius 3 is 2.00 bits per heavy atom. The molecule has 1 aliphatic rings. The molecular weight excluding hydrogens is 508 g/mol. The Bertz CT molecular complexity index is 965. The number of carbonyl (C=O) groups excluding carboxylic acids is 2. The molecule has 1 aliphatic heterocycles. The van der Waals surface area contributed by atoms with Gasteiger partial charge in [0.1, 0.15) is 0 Å². The number of aliphatic carboxylic acids is 3. The monoisotopic (exact) mass is 552 g/mol. The molecule has 1 heterocycles. The summed E-state index contributed by atoms with van der Waals surface area (Å²) in [7, 11) is 0. The summed E-state index contributed by atoms with van der Waals surface area (Å²) >= 11 is 0. The summed E-state index contributed by atoms with van der Waals surface area (Å²) in [6, 6.07) is 0. The maximum absolute atomic E-state index is 12.6. The lowest BCUT2D eigenvalue weighted by Crippen LogP contribution is -2.40. The SMILES string of the molecule is CCC(C)CC(C)CC(C)CC(C)C=C(C)C=C(CC(C)C(=O)OC1C(=O)OC(C(=O)O)C1C(=O)O)C(=O)O. The van der Waals surface area contributed by atoms with Crippen LogP contribution in [0.3, 0.4) is 0 Å². The van der Waals surface area contributed by atoms with Crippen LogP contribution in [0.4, 0.5) is 0 Å². The van der Waals surface area contributed by atoms with Crippen LogP contribution in [-0.4, -0.2) is 57.4 Å². The first-order valence-corrected chi connectivity index (χ1v) is 13.6. The summed E-state index contributed by atoms with van der Waals surface area (Å²) in [6.45, 7) is 14.2. The number of cyclic esters (lactones) is 1. The molecule has 3 N–H and O–H groups in total. The van der Waals surface area contributed by atoms with Gasteiger partial charge < -0.3 is 24.8 Å². The summed E-state index contributed by atoms with van der Waals surface area (Å²) in [5.41, 5.74) is 0.678. The molecule has 8 unspecified atom stereocenters. The molecule has 1 rings (SSSR count).